The van der Waals surface area contributed by atoms with E-state index in [-0.39, 0.29) is 0 Å². The van der Waals surface area contributed by atoms with E-state index in [1.165, 1.54) is 75.3 Å². The molecule has 0 saturated heterocycles. The SMILES string of the molecule is CCCCCCCc1ccccc1Oc1ccccc1CCCCCCC. The standard InChI is InChI=1S/C26H38O/c1-3-5-7-9-11-17-23-19-13-15-21-25(23)27-26-22-16-14-20-24(26)18-12-10-8-6-4-2/h13-16,19-22H,3-12,17-18H2,1-2H3. The first-order valence-electron chi connectivity index (χ1n) is 11.2. The minimum Gasteiger partial charge on any atom is -0.457 e. The zero-order chi connectivity index (χ0) is 19.2. The van der Waals surface area contributed by atoms with E-state index >= 15 is 0 Å². The first kappa shape index (κ1) is 21.5. The Morgan fingerprint density at radius 1 is 0.519 bits per heavy atom. The van der Waals surface area contributed by atoms with Crippen LogP contribution in [-0.4, -0.2) is 0 Å². The second-order valence-electron chi connectivity index (χ2n) is 7.65. The van der Waals surface area contributed by atoms with Crippen LogP contribution in [0.1, 0.15) is 89.2 Å². The van der Waals surface area contributed by atoms with Gasteiger partial charge in [0.1, 0.15) is 11.5 Å². The van der Waals surface area contributed by atoms with Crippen LogP contribution in [0.2, 0.25) is 0 Å². The molecule has 0 spiro atoms. The van der Waals surface area contributed by atoms with Crippen molar-refractivity contribution >= 4 is 0 Å². The summed E-state index contributed by atoms with van der Waals surface area (Å²) in [6, 6.07) is 17.1. The lowest BCUT2D eigenvalue weighted by molar-refractivity contribution is 0.466. The van der Waals surface area contributed by atoms with Crippen molar-refractivity contribution in [1.29, 1.82) is 0 Å². The summed E-state index contributed by atoms with van der Waals surface area (Å²) in [5, 5.41) is 0. The Morgan fingerprint density at radius 3 is 1.37 bits per heavy atom. The molecule has 0 heterocycles. The molecule has 0 unspecified atom stereocenters. The number of hydrogen-bond acceptors (Lipinski definition) is 1. The zero-order valence-electron chi connectivity index (χ0n) is 17.5. The smallest absolute Gasteiger partial charge is 0.130 e. The summed E-state index contributed by atoms with van der Waals surface area (Å²) >= 11 is 0. The lowest BCUT2D eigenvalue weighted by Gasteiger charge is -2.14. The fourth-order valence-electron chi connectivity index (χ4n) is 3.58. The van der Waals surface area contributed by atoms with Crippen molar-refractivity contribution < 1.29 is 4.74 Å². The molecule has 0 aliphatic heterocycles. The second kappa shape index (κ2) is 13.4. The highest BCUT2D eigenvalue weighted by Crippen LogP contribution is 2.30. The van der Waals surface area contributed by atoms with Crippen molar-refractivity contribution in [2.24, 2.45) is 0 Å². The Kier molecular flexibility index (Phi) is 10.7. The first-order valence-corrected chi connectivity index (χ1v) is 11.2. The Bertz CT molecular complexity index is 576. The van der Waals surface area contributed by atoms with Crippen molar-refractivity contribution in [3.8, 4) is 11.5 Å². The fourth-order valence-corrected chi connectivity index (χ4v) is 3.58. The quantitative estimate of drug-likeness (QED) is 0.304. The molecule has 0 N–H and O–H groups in total. The maximum atomic E-state index is 6.40. The van der Waals surface area contributed by atoms with Crippen LogP contribution in [-0.2, 0) is 12.8 Å². The molecule has 0 radical (unpaired) electrons. The average molecular weight is 367 g/mol. The van der Waals surface area contributed by atoms with Crippen LogP contribution in [0, 0.1) is 0 Å². The van der Waals surface area contributed by atoms with Crippen LogP contribution in [0.25, 0.3) is 0 Å². The van der Waals surface area contributed by atoms with Gasteiger partial charge in [-0.15, -0.1) is 0 Å². The molecule has 0 amide bonds. The second-order valence-corrected chi connectivity index (χ2v) is 7.65. The number of unbranched alkanes of at least 4 members (excludes halogenated alkanes) is 8. The third-order valence-electron chi connectivity index (χ3n) is 5.26. The van der Waals surface area contributed by atoms with Crippen molar-refractivity contribution in [2.45, 2.75) is 90.9 Å². The first-order chi connectivity index (χ1) is 13.3. The Balaban J connectivity index is 1.94. The third-order valence-corrected chi connectivity index (χ3v) is 5.26. The van der Waals surface area contributed by atoms with Gasteiger partial charge in [0, 0.05) is 0 Å². The number of ether oxygens (including phenoxy) is 1. The van der Waals surface area contributed by atoms with Gasteiger partial charge in [-0.25, -0.2) is 0 Å². The average Bonchev–Trinajstić information content (AvgIpc) is 2.70. The van der Waals surface area contributed by atoms with Crippen LogP contribution < -0.4 is 4.74 Å². The Morgan fingerprint density at radius 2 is 0.926 bits per heavy atom. The van der Waals surface area contributed by atoms with E-state index in [2.05, 4.69) is 62.4 Å². The number of hydrogen-bond donors (Lipinski definition) is 0. The van der Waals surface area contributed by atoms with E-state index in [0.29, 0.717) is 0 Å². The minimum atomic E-state index is 1.03. The summed E-state index contributed by atoms with van der Waals surface area (Å²) in [5.74, 6) is 2.07. The van der Waals surface area contributed by atoms with Gasteiger partial charge in [0.2, 0.25) is 0 Å². The molecule has 0 atom stereocenters. The normalized spacial score (nSPS) is 10.9. The largest absolute Gasteiger partial charge is 0.457 e. The van der Waals surface area contributed by atoms with Crippen LogP contribution in [0.3, 0.4) is 0 Å². The van der Waals surface area contributed by atoms with Crippen molar-refractivity contribution in [3.63, 3.8) is 0 Å². The Hall–Kier alpha value is -1.76. The highest BCUT2D eigenvalue weighted by Gasteiger charge is 2.08. The molecule has 2 aromatic carbocycles. The molecule has 148 valence electrons. The zero-order valence-corrected chi connectivity index (χ0v) is 17.5. The van der Waals surface area contributed by atoms with Gasteiger partial charge in [-0.2, -0.15) is 0 Å². The molecule has 0 aliphatic carbocycles. The highest BCUT2D eigenvalue weighted by atomic mass is 16.5. The van der Waals surface area contributed by atoms with Gasteiger partial charge in [-0.05, 0) is 48.9 Å². The summed E-state index contributed by atoms with van der Waals surface area (Å²) in [6.07, 6.45) is 15.3. The monoisotopic (exact) mass is 366 g/mol. The lowest BCUT2D eigenvalue weighted by atomic mass is 10.0. The van der Waals surface area contributed by atoms with Crippen molar-refractivity contribution in [3.05, 3.63) is 59.7 Å². The molecular weight excluding hydrogens is 328 g/mol. The summed E-state index contributed by atoms with van der Waals surface area (Å²) in [6.45, 7) is 4.54. The molecule has 1 heteroatoms. The van der Waals surface area contributed by atoms with Crippen molar-refractivity contribution in [1.82, 2.24) is 0 Å². The van der Waals surface area contributed by atoms with Gasteiger partial charge in [0.15, 0.2) is 0 Å². The van der Waals surface area contributed by atoms with Crippen LogP contribution in [0.4, 0.5) is 0 Å². The van der Waals surface area contributed by atoms with Gasteiger partial charge < -0.3 is 4.74 Å². The molecule has 0 aromatic heterocycles. The van der Waals surface area contributed by atoms with Crippen LogP contribution in [0.5, 0.6) is 11.5 Å². The van der Waals surface area contributed by atoms with Gasteiger partial charge in [-0.3, -0.25) is 0 Å². The van der Waals surface area contributed by atoms with E-state index < -0.39 is 0 Å². The molecule has 2 rings (SSSR count). The van der Waals surface area contributed by atoms with E-state index in [4.69, 9.17) is 4.74 Å². The predicted molar refractivity (Wildman–Crippen MR) is 118 cm³/mol. The molecule has 0 bridgehead atoms. The number of para-hydroxylation sites is 2. The lowest BCUT2D eigenvalue weighted by Crippen LogP contribution is -1.96. The topological polar surface area (TPSA) is 9.23 Å². The van der Waals surface area contributed by atoms with Crippen LogP contribution in [0.15, 0.2) is 48.5 Å². The molecule has 27 heavy (non-hydrogen) atoms. The molecule has 0 fully saturated rings. The maximum absolute atomic E-state index is 6.40. The minimum absolute atomic E-state index is 1.03. The molecule has 2 aromatic rings. The summed E-state index contributed by atoms with van der Waals surface area (Å²) in [5.41, 5.74) is 2.68. The molecule has 1 nitrogen and oxygen atoms in total. The van der Waals surface area contributed by atoms with Gasteiger partial charge in [-0.1, -0.05) is 102 Å². The number of benzene rings is 2. The van der Waals surface area contributed by atoms with Gasteiger partial charge in [0.25, 0.3) is 0 Å². The Labute approximate surface area is 167 Å². The third kappa shape index (κ3) is 8.20. The van der Waals surface area contributed by atoms with E-state index in [0.717, 1.165) is 24.3 Å². The molecule has 0 saturated carbocycles. The van der Waals surface area contributed by atoms with Gasteiger partial charge in [0.05, 0.1) is 0 Å². The van der Waals surface area contributed by atoms with Crippen LogP contribution >= 0.6 is 0 Å². The summed E-state index contributed by atoms with van der Waals surface area (Å²) in [7, 11) is 0. The van der Waals surface area contributed by atoms with E-state index in [1.807, 2.05) is 0 Å². The van der Waals surface area contributed by atoms with E-state index in [9.17, 15) is 0 Å². The van der Waals surface area contributed by atoms with Gasteiger partial charge >= 0.3 is 0 Å². The van der Waals surface area contributed by atoms with E-state index in [1.54, 1.807) is 0 Å². The molecule has 0 aliphatic rings. The summed E-state index contributed by atoms with van der Waals surface area (Å²) in [4.78, 5) is 0. The maximum Gasteiger partial charge on any atom is 0.130 e. The highest BCUT2D eigenvalue weighted by molar-refractivity contribution is 5.41. The predicted octanol–water partition coefficient (Wildman–Crippen LogP) is 8.50. The number of rotatable bonds is 14. The number of aryl methyl sites for hydroxylation is 2. The summed E-state index contributed by atoms with van der Waals surface area (Å²) < 4.78 is 6.40. The fraction of sp³-hybridized carbons (Fsp3) is 0.538. The van der Waals surface area contributed by atoms with Crippen molar-refractivity contribution in [2.75, 3.05) is 0 Å². The molecular formula is C26H38O.